The van der Waals surface area contributed by atoms with Gasteiger partial charge in [0.15, 0.2) is 5.96 Å². The lowest BCUT2D eigenvalue weighted by atomic mass is 10.1. The maximum atomic E-state index is 12.1. The highest BCUT2D eigenvalue weighted by Gasteiger charge is 2.20. The molecule has 0 bridgehead atoms. The number of aromatic nitrogens is 1. The number of nitrogens with one attached hydrogen (secondary N) is 2. The Bertz CT molecular complexity index is 898. The first-order valence-electron chi connectivity index (χ1n) is 10.7. The Kier molecular flexibility index (Phi) is 8.68. The van der Waals surface area contributed by atoms with Crippen molar-refractivity contribution in [3.63, 3.8) is 0 Å². The van der Waals surface area contributed by atoms with Gasteiger partial charge >= 0.3 is 0 Å². The van der Waals surface area contributed by atoms with E-state index in [2.05, 4.69) is 30.4 Å². The lowest BCUT2D eigenvalue weighted by molar-refractivity contribution is 0.0953. The molecule has 1 fully saturated rings. The number of benzene rings is 1. The molecule has 0 atom stereocenters. The fourth-order valence-electron chi connectivity index (χ4n) is 3.65. The van der Waals surface area contributed by atoms with E-state index in [9.17, 15) is 4.79 Å². The zero-order valence-corrected chi connectivity index (χ0v) is 19.0. The Labute approximate surface area is 189 Å². The van der Waals surface area contributed by atoms with E-state index in [-0.39, 0.29) is 5.91 Å². The molecule has 0 aliphatic carbocycles. The van der Waals surface area contributed by atoms with Crippen LogP contribution in [0.25, 0.3) is 0 Å². The molecule has 1 aliphatic rings. The fourth-order valence-corrected chi connectivity index (χ4v) is 3.65. The Hall–Kier alpha value is -3.33. The second-order valence-electron chi connectivity index (χ2n) is 7.41. The normalized spacial score (nSPS) is 14.7. The van der Waals surface area contributed by atoms with Crippen LogP contribution in [-0.2, 0) is 6.54 Å². The molecule has 2 N–H and O–H groups in total. The number of hydrogen-bond acceptors (Lipinski definition) is 6. The SMILES string of the molecule is CN=C(NCCNC(=O)c1cccnc1)N1CCN(Cc2cc(OC)ccc2OC)CC1. The summed E-state index contributed by atoms with van der Waals surface area (Å²) in [4.78, 5) is 25.1. The molecule has 0 saturated carbocycles. The average Bonchev–Trinajstić information content (AvgIpc) is 2.85. The number of amides is 1. The molecule has 1 aromatic carbocycles. The molecule has 9 heteroatoms. The van der Waals surface area contributed by atoms with Gasteiger partial charge in [-0.25, -0.2) is 0 Å². The van der Waals surface area contributed by atoms with Crippen molar-refractivity contribution in [2.24, 2.45) is 4.99 Å². The molecule has 172 valence electrons. The van der Waals surface area contributed by atoms with E-state index >= 15 is 0 Å². The van der Waals surface area contributed by atoms with Crippen LogP contribution in [0.1, 0.15) is 15.9 Å². The summed E-state index contributed by atoms with van der Waals surface area (Å²) in [6, 6.07) is 9.39. The van der Waals surface area contributed by atoms with E-state index in [1.165, 1.54) is 0 Å². The number of piperazine rings is 1. The van der Waals surface area contributed by atoms with Crippen LogP contribution in [0.4, 0.5) is 0 Å². The lowest BCUT2D eigenvalue weighted by Crippen LogP contribution is -2.53. The van der Waals surface area contributed by atoms with Gasteiger partial charge in [-0.05, 0) is 30.3 Å². The third kappa shape index (κ3) is 6.34. The number of methoxy groups -OCH3 is 2. The summed E-state index contributed by atoms with van der Waals surface area (Å²) in [5.41, 5.74) is 1.67. The van der Waals surface area contributed by atoms with Crippen molar-refractivity contribution in [3.8, 4) is 11.5 Å². The molecule has 2 heterocycles. The smallest absolute Gasteiger partial charge is 0.252 e. The summed E-state index contributed by atoms with van der Waals surface area (Å²) < 4.78 is 10.9. The standard InChI is InChI=1S/C23H32N6O3/c1-24-23(27-10-9-26-22(30)18-5-4-8-25-16-18)29-13-11-28(12-14-29)17-19-15-20(31-2)6-7-21(19)32-3/h4-8,15-16H,9-14,17H2,1-3H3,(H,24,27)(H,26,30). The van der Waals surface area contributed by atoms with E-state index in [1.54, 1.807) is 45.8 Å². The van der Waals surface area contributed by atoms with Gasteiger partial charge < -0.3 is 25.0 Å². The van der Waals surface area contributed by atoms with E-state index in [4.69, 9.17) is 9.47 Å². The summed E-state index contributed by atoms with van der Waals surface area (Å²) in [6.07, 6.45) is 3.21. The van der Waals surface area contributed by atoms with Crippen molar-refractivity contribution < 1.29 is 14.3 Å². The summed E-state index contributed by atoms with van der Waals surface area (Å²) in [6.45, 7) is 5.47. The number of guanidine groups is 1. The van der Waals surface area contributed by atoms with Crippen LogP contribution in [0.3, 0.4) is 0 Å². The van der Waals surface area contributed by atoms with Gasteiger partial charge in [-0.1, -0.05) is 0 Å². The molecule has 0 unspecified atom stereocenters. The number of pyridine rings is 1. The second-order valence-corrected chi connectivity index (χ2v) is 7.41. The first-order valence-corrected chi connectivity index (χ1v) is 10.7. The predicted octanol–water partition coefficient (Wildman–Crippen LogP) is 1.22. The Balaban J connectivity index is 1.43. The number of rotatable bonds is 8. The molecule has 0 radical (unpaired) electrons. The van der Waals surface area contributed by atoms with Crippen molar-refractivity contribution in [3.05, 3.63) is 53.9 Å². The van der Waals surface area contributed by atoms with Crippen LogP contribution >= 0.6 is 0 Å². The molecule has 0 spiro atoms. The van der Waals surface area contributed by atoms with E-state index in [0.717, 1.165) is 55.7 Å². The molecule has 3 rings (SSSR count). The van der Waals surface area contributed by atoms with Crippen LogP contribution < -0.4 is 20.1 Å². The topological polar surface area (TPSA) is 91.3 Å². The molecule has 2 aromatic rings. The van der Waals surface area contributed by atoms with Crippen molar-refractivity contribution in [1.29, 1.82) is 0 Å². The highest BCUT2D eigenvalue weighted by Crippen LogP contribution is 2.25. The summed E-state index contributed by atoms with van der Waals surface area (Å²) in [5.74, 6) is 2.43. The van der Waals surface area contributed by atoms with Gasteiger partial charge in [-0.2, -0.15) is 0 Å². The van der Waals surface area contributed by atoms with Gasteiger partial charge in [0.05, 0.1) is 19.8 Å². The largest absolute Gasteiger partial charge is 0.497 e. The number of aliphatic imine (C=N–C) groups is 1. The maximum Gasteiger partial charge on any atom is 0.252 e. The van der Waals surface area contributed by atoms with Gasteiger partial charge in [-0.3, -0.25) is 19.7 Å². The average molecular weight is 441 g/mol. The van der Waals surface area contributed by atoms with Gasteiger partial charge in [0.2, 0.25) is 0 Å². The van der Waals surface area contributed by atoms with Crippen LogP contribution in [0.2, 0.25) is 0 Å². The fraction of sp³-hybridized carbons (Fsp3) is 0.435. The Morgan fingerprint density at radius 3 is 2.53 bits per heavy atom. The molecule has 1 aromatic heterocycles. The van der Waals surface area contributed by atoms with Crippen molar-refractivity contribution in [2.75, 3.05) is 60.5 Å². The first-order chi connectivity index (χ1) is 15.6. The Morgan fingerprint density at radius 2 is 1.88 bits per heavy atom. The minimum Gasteiger partial charge on any atom is -0.497 e. The summed E-state index contributed by atoms with van der Waals surface area (Å²) in [7, 11) is 5.15. The predicted molar refractivity (Wildman–Crippen MR) is 124 cm³/mol. The zero-order chi connectivity index (χ0) is 22.8. The quantitative estimate of drug-likeness (QED) is 0.362. The van der Waals surface area contributed by atoms with Crippen molar-refractivity contribution in [1.82, 2.24) is 25.4 Å². The van der Waals surface area contributed by atoms with Crippen LogP contribution in [-0.4, -0.2) is 87.2 Å². The minimum atomic E-state index is -0.128. The van der Waals surface area contributed by atoms with Gasteiger partial charge in [0, 0.05) is 70.8 Å². The second kappa shape index (κ2) is 11.9. The number of ether oxygens (including phenoxy) is 2. The maximum absolute atomic E-state index is 12.1. The molecule has 1 amide bonds. The van der Waals surface area contributed by atoms with E-state index in [0.29, 0.717) is 18.7 Å². The Morgan fingerprint density at radius 1 is 1.09 bits per heavy atom. The van der Waals surface area contributed by atoms with Gasteiger partial charge in [0.25, 0.3) is 5.91 Å². The number of nitrogens with zero attached hydrogens (tertiary/aromatic N) is 4. The molecule has 9 nitrogen and oxygen atoms in total. The third-order valence-electron chi connectivity index (χ3n) is 5.38. The summed E-state index contributed by atoms with van der Waals surface area (Å²) >= 11 is 0. The van der Waals surface area contributed by atoms with Crippen LogP contribution in [0.15, 0.2) is 47.7 Å². The molecular formula is C23H32N6O3. The molecule has 1 saturated heterocycles. The van der Waals surface area contributed by atoms with Crippen LogP contribution in [0.5, 0.6) is 11.5 Å². The van der Waals surface area contributed by atoms with Gasteiger partial charge in [-0.15, -0.1) is 0 Å². The van der Waals surface area contributed by atoms with Crippen molar-refractivity contribution >= 4 is 11.9 Å². The molecule has 1 aliphatic heterocycles. The zero-order valence-electron chi connectivity index (χ0n) is 19.0. The number of carbonyl (C=O) groups excluding carboxylic acids is 1. The highest BCUT2D eigenvalue weighted by molar-refractivity contribution is 5.93. The minimum absolute atomic E-state index is 0.128. The number of hydrogen-bond donors (Lipinski definition) is 2. The molecular weight excluding hydrogens is 408 g/mol. The number of carbonyl (C=O) groups is 1. The molecule has 32 heavy (non-hydrogen) atoms. The van der Waals surface area contributed by atoms with E-state index in [1.807, 2.05) is 18.2 Å². The third-order valence-corrected chi connectivity index (χ3v) is 5.38. The highest BCUT2D eigenvalue weighted by atomic mass is 16.5. The lowest BCUT2D eigenvalue weighted by Gasteiger charge is -2.36. The first kappa shape index (κ1) is 23.3. The monoisotopic (exact) mass is 440 g/mol. The van der Waals surface area contributed by atoms with Crippen LogP contribution in [0, 0.1) is 0 Å². The van der Waals surface area contributed by atoms with E-state index < -0.39 is 0 Å². The van der Waals surface area contributed by atoms with Crippen molar-refractivity contribution in [2.45, 2.75) is 6.54 Å². The summed E-state index contributed by atoms with van der Waals surface area (Å²) in [5, 5.41) is 6.22. The van der Waals surface area contributed by atoms with Gasteiger partial charge in [0.1, 0.15) is 11.5 Å².